The summed E-state index contributed by atoms with van der Waals surface area (Å²) in [4.78, 5) is 13.7. The molecule has 0 radical (unpaired) electrons. The van der Waals surface area contributed by atoms with E-state index in [1.807, 2.05) is 53.1 Å². The fourth-order valence-corrected chi connectivity index (χ4v) is 3.54. The van der Waals surface area contributed by atoms with E-state index in [0.717, 1.165) is 28.2 Å². The second-order valence-electron chi connectivity index (χ2n) is 6.22. The Kier molecular flexibility index (Phi) is 3.65. The van der Waals surface area contributed by atoms with Crippen LogP contribution in [0.1, 0.15) is 22.6 Å². The highest BCUT2D eigenvalue weighted by Crippen LogP contribution is 2.31. The molecule has 0 saturated heterocycles. The number of rotatable bonds is 2. The number of benzene rings is 2. The van der Waals surface area contributed by atoms with Gasteiger partial charge in [0.05, 0.1) is 23.6 Å². The molecule has 0 saturated carbocycles. The van der Waals surface area contributed by atoms with Crippen LogP contribution >= 0.6 is 11.6 Å². The molecule has 0 fully saturated rings. The Morgan fingerprint density at radius 3 is 2.59 bits per heavy atom. The molecule has 4 aromatic rings. The number of fused-ring (bicyclic) bond motifs is 3. The molecular formula is C20H14ClN5O. The lowest BCUT2D eigenvalue weighted by Crippen LogP contribution is -2.07. The van der Waals surface area contributed by atoms with Crippen LogP contribution in [0.2, 0.25) is 5.02 Å². The predicted molar refractivity (Wildman–Crippen MR) is 102 cm³/mol. The highest BCUT2D eigenvalue weighted by atomic mass is 35.5. The second kappa shape index (κ2) is 6.17. The molecule has 0 N–H and O–H groups in total. The number of para-hydroxylation sites is 1. The average Bonchev–Trinajstić information content (AvgIpc) is 3.26. The number of halogens is 1. The number of imidazole rings is 1. The molecule has 7 heteroatoms. The largest absolute Gasteiger partial charge is 0.332 e. The number of nitrogens with zero attached hydrogens (tertiary/aromatic N) is 5. The lowest BCUT2D eigenvalue weighted by atomic mass is 10.0. The summed E-state index contributed by atoms with van der Waals surface area (Å²) in [5.74, 6) is 0.969. The minimum absolute atomic E-state index is 0.398. The molecule has 2 aromatic heterocycles. The highest BCUT2D eigenvalue weighted by molar-refractivity contribution is 6.35. The van der Waals surface area contributed by atoms with Crippen molar-refractivity contribution in [3.8, 4) is 17.3 Å². The van der Waals surface area contributed by atoms with Crippen LogP contribution in [0.4, 0.5) is 0 Å². The minimum atomic E-state index is 0.398. The van der Waals surface area contributed by atoms with Gasteiger partial charge in [-0.25, -0.2) is 4.98 Å². The van der Waals surface area contributed by atoms with Crippen molar-refractivity contribution in [2.24, 2.45) is 4.99 Å². The van der Waals surface area contributed by atoms with Gasteiger partial charge in [-0.05, 0) is 19.1 Å². The maximum Gasteiger partial charge on any atom is 0.278 e. The van der Waals surface area contributed by atoms with Gasteiger partial charge < -0.3 is 4.52 Å². The van der Waals surface area contributed by atoms with Crippen LogP contribution in [0.3, 0.4) is 0 Å². The molecule has 5 rings (SSSR count). The molecule has 0 spiro atoms. The number of aryl methyl sites for hydroxylation is 1. The first-order valence-electron chi connectivity index (χ1n) is 8.48. The fourth-order valence-electron chi connectivity index (χ4n) is 3.31. The van der Waals surface area contributed by atoms with Crippen LogP contribution in [0.15, 0.2) is 64.4 Å². The molecule has 27 heavy (non-hydrogen) atoms. The smallest absolute Gasteiger partial charge is 0.278 e. The van der Waals surface area contributed by atoms with Gasteiger partial charge in [-0.1, -0.05) is 53.2 Å². The molecule has 6 nitrogen and oxygen atoms in total. The van der Waals surface area contributed by atoms with Crippen molar-refractivity contribution in [2.75, 3.05) is 0 Å². The van der Waals surface area contributed by atoms with E-state index in [0.29, 0.717) is 29.0 Å². The zero-order chi connectivity index (χ0) is 18.4. The van der Waals surface area contributed by atoms with Crippen molar-refractivity contribution in [3.05, 3.63) is 82.5 Å². The Balaban J connectivity index is 1.74. The molecular weight excluding hydrogens is 362 g/mol. The van der Waals surface area contributed by atoms with Crippen molar-refractivity contribution >= 4 is 17.3 Å². The monoisotopic (exact) mass is 375 g/mol. The van der Waals surface area contributed by atoms with Crippen molar-refractivity contribution in [2.45, 2.75) is 13.5 Å². The van der Waals surface area contributed by atoms with E-state index in [-0.39, 0.29) is 0 Å². The zero-order valence-corrected chi connectivity index (χ0v) is 15.2. The van der Waals surface area contributed by atoms with Crippen molar-refractivity contribution < 1.29 is 4.52 Å². The van der Waals surface area contributed by atoms with Gasteiger partial charge in [-0.15, -0.1) is 0 Å². The number of aliphatic imine (C=N–C) groups is 1. The van der Waals surface area contributed by atoms with Gasteiger partial charge in [0, 0.05) is 16.1 Å². The summed E-state index contributed by atoms with van der Waals surface area (Å²) in [6.07, 6.45) is 1.77. The molecule has 3 heterocycles. The predicted octanol–water partition coefficient (Wildman–Crippen LogP) is 4.24. The molecule has 0 atom stereocenters. The number of hydrogen-bond acceptors (Lipinski definition) is 5. The van der Waals surface area contributed by atoms with E-state index in [4.69, 9.17) is 21.1 Å². The van der Waals surface area contributed by atoms with Gasteiger partial charge >= 0.3 is 0 Å². The summed E-state index contributed by atoms with van der Waals surface area (Å²) in [5.41, 5.74) is 5.28. The van der Waals surface area contributed by atoms with Gasteiger partial charge in [0.1, 0.15) is 6.33 Å². The molecule has 0 aliphatic carbocycles. The first-order valence-corrected chi connectivity index (χ1v) is 8.86. The summed E-state index contributed by atoms with van der Waals surface area (Å²) in [7, 11) is 0. The zero-order valence-electron chi connectivity index (χ0n) is 14.4. The second-order valence-corrected chi connectivity index (χ2v) is 6.63. The fraction of sp³-hybridized carbons (Fsp3) is 0.100. The molecule has 0 unspecified atom stereocenters. The van der Waals surface area contributed by atoms with Crippen LogP contribution in [0.25, 0.3) is 17.3 Å². The first-order chi connectivity index (χ1) is 13.2. The van der Waals surface area contributed by atoms with Crippen LogP contribution in [0.5, 0.6) is 0 Å². The number of aromatic nitrogens is 4. The van der Waals surface area contributed by atoms with E-state index >= 15 is 0 Å². The Hall–Kier alpha value is -3.25. The molecule has 1 aliphatic heterocycles. The summed E-state index contributed by atoms with van der Waals surface area (Å²) >= 11 is 6.46. The maximum absolute atomic E-state index is 6.46. The highest BCUT2D eigenvalue weighted by Gasteiger charge is 2.24. The standard InChI is InChI=1S/C20H14ClN5O/c1-12-24-20(27-25-12)19-17-10-22-18(13-6-2-4-8-15(13)21)14-7-3-5-9-16(14)26(17)11-23-19/h2-9,11H,10H2,1H3. The van der Waals surface area contributed by atoms with Gasteiger partial charge in [-0.3, -0.25) is 9.56 Å². The Morgan fingerprint density at radius 2 is 1.81 bits per heavy atom. The van der Waals surface area contributed by atoms with Crippen molar-refractivity contribution in [3.63, 3.8) is 0 Å². The molecule has 132 valence electrons. The third kappa shape index (κ3) is 2.57. The normalized spacial score (nSPS) is 12.9. The van der Waals surface area contributed by atoms with E-state index in [9.17, 15) is 0 Å². The van der Waals surface area contributed by atoms with Crippen LogP contribution in [-0.4, -0.2) is 25.4 Å². The molecule has 0 amide bonds. The molecule has 0 bridgehead atoms. The summed E-state index contributed by atoms with van der Waals surface area (Å²) in [6, 6.07) is 15.8. The van der Waals surface area contributed by atoms with Gasteiger partial charge in [0.15, 0.2) is 11.5 Å². The third-order valence-electron chi connectivity index (χ3n) is 4.53. The van der Waals surface area contributed by atoms with Gasteiger partial charge in [0.2, 0.25) is 0 Å². The van der Waals surface area contributed by atoms with E-state index in [1.165, 1.54) is 0 Å². The topological polar surface area (TPSA) is 69.1 Å². The van der Waals surface area contributed by atoms with Crippen LogP contribution < -0.4 is 0 Å². The Bertz CT molecular complexity index is 1190. The minimum Gasteiger partial charge on any atom is -0.332 e. The van der Waals surface area contributed by atoms with Gasteiger partial charge in [0.25, 0.3) is 5.89 Å². The van der Waals surface area contributed by atoms with Crippen LogP contribution in [0, 0.1) is 6.92 Å². The van der Waals surface area contributed by atoms with Crippen LogP contribution in [-0.2, 0) is 6.54 Å². The average molecular weight is 376 g/mol. The lowest BCUT2D eigenvalue weighted by molar-refractivity contribution is 0.424. The van der Waals surface area contributed by atoms with Crippen molar-refractivity contribution in [1.82, 2.24) is 19.7 Å². The third-order valence-corrected chi connectivity index (χ3v) is 4.86. The summed E-state index contributed by atoms with van der Waals surface area (Å²) < 4.78 is 7.35. The quantitative estimate of drug-likeness (QED) is 0.525. The Morgan fingerprint density at radius 1 is 1.04 bits per heavy atom. The van der Waals surface area contributed by atoms with Gasteiger partial charge in [-0.2, -0.15) is 4.98 Å². The Labute approximate surface area is 160 Å². The number of hydrogen-bond donors (Lipinski definition) is 0. The summed E-state index contributed by atoms with van der Waals surface area (Å²) in [6.45, 7) is 2.21. The maximum atomic E-state index is 6.46. The van der Waals surface area contributed by atoms with Crippen molar-refractivity contribution in [1.29, 1.82) is 0 Å². The summed E-state index contributed by atoms with van der Waals surface area (Å²) in [5, 5.41) is 4.54. The SMILES string of the molecule is Cc1noc(-c2ncn3c2CN=C(c2ccccc2Cl)c2ccccc2-3)n1. The van der Waals surface area contributed by atoms with E-state index in [2.05, 4.69) is 15.1 Å². The van der Waals surface area contributed by atoms with E-state index < -0.39 is 0 Å². The van der Waals surface area contributed by atoms with E-state index in [1.54, 1.807) is 13.3 Å². The first kappa shape index (κ1) is 16.0. The lowest BCUT2D eigenvalue weighted by Gasteiger charge is -2.12. The molecule has 2 aromatic carbocycles. The molecule has 1 aliphatic rings.